The number of nitrogens with one attached hydrogen (secondary N) is 1. The van der Waals surface area contributed by atoms with Crippen LogP contribution in [0, 0.1) is 17.2 Å². The number of aliphatic hydroxyl groups excluding tert-OH is 1. The molecule has 2 unspecified atom stereocenters. The first-order chi connectivity index (χ1) is 8.11. The highest BCUT2D eigenvalue weighted by molar-refractivity contribution is 5.92. The monoisotopic (exact) mass is 233 g/mol. The van der Waals surface area contributed by atoms with Crippen LogP contribution in [0.4, 0.5) is 0 Å². The number of nitriles is 1. The van der Waals surface area contributed by atoms with Gasteiger partial charge < -0.3 is 15.0 Å². The van der Waals surface area contributed by atoms with Crippen LogP contribution >= 0.6 is 0 Å². The van der Waals surface area contributed by atoms with Crippen molar-refractivity contribution in [1.82, 2.24) is 9.88 Å². The van der Waals surface area contributed by atoms with E-state index >= 15 is 0 Å². The van der Waals surface area contributed by atoms with Crippen molar-refractivity contribution in [3.63, 3.8) is 0 Å². The smallest absolute Gasteiger partial charge is 0.270 e. The molecule has 1 aromatic heterocycles. The molecule has 1 aliphatic rings. The topological polar surface area (TPSA) is 80.1 Å². The van der Waals surface area contributed by atoms with Crippen LogP contribution in [0.2, 0.25) is 0 Å². The first-order valence-corrected chi connectivity index (χ1v) is 5.68. The van der Waals surface area contributed by atoms with Crippen molar-refractivity contribution in [1.29, 1.82) is 5.26 Å². The Hall–Kier alpha value is -1.80. The Balaban J connectivity index is 2.08. The number of aromatic amines is 1. The third-order valence-electron chi connectivity index (χ3n) is 3.24. The van der Waals surface area contributed by atoms with Crippen molar-refractivity contribution >= 4 is 5.91 Å². The second kappa shape index (κ2) is 4.60. The molecular weight excluding hydrogens is 218 g/mol. The third-order valence-corrected chi connectivity index (χ3v) is 3.24. The van der Waals surface area contributed by atoms with Crippen LogP contribution in [0.5, 0.6) is 0 Å². The van der Waals surface area contributed by atoms with Gasteiger partial charge in [0.1, 0.15) is 17.5 Å². The van der Waals surface area contributed by atoms with E-state index in [4.69, 9.17) is 5.26 Å². The molecule has 2 N–H and O–H groups in total. The highest BCUT2D eigenvalue weighted by Crippen LogP contribution is 2.18. The maximum Gasteiger partial charge on any atom is 0.270 e. The molecule has 0 saturated carbocycles. The fourth-order valence-electron chi connectivity index (χ4n) is 1.99. The fourth-order valence-corrected chi connectivity index (χ4v) is 1.99. The molecule has 1 saturated heterocycles. The average Bonchev–Trinajstić information content (AvgIpc) is 2.80. The lowest BCUT2D eigenvalue weighted by molar-refractivity contribution is 0.0245. The number of aliphatic hydroxyl groups is 1. The highest BCUT2D eigenvalue weighted by atomic mass is 16.3. The minimum atomic E-state index is -0.460. The second-order valence-corrected chi connectivity index (χ2v) is 4.48. The summed E-state index contributed by atoms with van der Waals surface area (Å²) in [6, 6.07) is 5.13. The molecule has 2 atom stereocenters. The molecule has 0 radical (unpaired) electrons. The van der Waals surface area contributed by atoms with E-state index in [0.717, 1.165) is 6.42 Å². The lowest BCUT2D eigenvalue weighted by atomic mass is 9.96. The number of aromatic nitrogens is 1. The number of rotatable bonds is 1. The molecule has 1 amide bonds. The van der Waals surface area contributed by atoms with E-state index in [1.807, 2.05) is 13.0 Å². The molecular formula is C12H15N3O2. The SMILES string of the molecule is CC1CCN(C(=O)c2ccc(C#N)[nH]2)CC1O. The molecule has 1 fully saturated rings. The highest BCUT2D eigenvalue weighted by Gasteiger charge is 2.28. The lowest BCUT2D eigenvalue weighted by Gasteiger charge is -2.34. The number of hydrogen-bond donors (Lipinski definition) is 2. The summed E-state index contributed by atoms with van der Waals surface area (Å²) < 4.78 is 0. The third kappa shape index (κ3) is 2.32. The van der Waals surface area contributed by atoms with E-state index in [0.29, 0.717) is 24.5 Å². The van der Waals surface area contributed by atoms with Gasteiger partial charge in [0.25, 0.3) is 5.91 Å². The average molecular weight is 233 g/mol. The number of amides is 1. The van der Waals surface area contributed by atoms with Gasteiger partial charge in [-0.1, -0.05) is 6.92 Å². The number of H-pyrrole nitrogens is 1. The molecule has 0 spiro atoms. The van der Waals surface area contributed by atoms with Crippen LogP contribution < -0.4 is 0 Å². The summed E-state index contributed by atoms with van der Waals surface area (Å²) in [7, 11) is 0. The van der Waals surface area contributed by atoms with Crippen molar-refractivity contribution in [2.24, 2.45) is 5.92 Å². The minimum absolute atomic E-state index is 0.155. The molecule has 17 heavy (non-hydrogen) atoms. The second-order valence-electron chi connectivity index (χ2n) is 4.48. The summed E-state index contributed by atoms with van der Waals surface area (Å²) in [6.45, 7) is 2.99. The normalized spacial score (nSPS) is 24.4. The lowest BCUT2D eigenvalue weighted by Crippen LogP contribution is -2.45. The number of piperidine rings is 1. The number of likely N-dealkylation sites (tertiary alicyclic amines) is 1. The van der Waals surface area contributed by atoms with E-state index in [-0.39, 0.29) is 11.8 Å². The van der Waals surface area contributed by atoms with E-state index in [1.54, 1.807) is 17.0 Å². The molecule has 0 aromatic carbocycles. The number of carbonyl (C=O) groups is 1. The molecule has 2 heterocycles. The van der Waals surface area contributed by atoms with Crippen LogP contribution in [-0.2, 0) is 0 Å². The molecule has 5 nitrogen and oxygen atoms in total. The van der Waals surface area contributed by atoms with Gasteiger partial charge in [-0.05, 0) is 24.5 Å². The molecule has 0 aliphatic carbocycles. The number of β-amino-alcohol motifs (C(OH)–C–C–N with tert-alkyl or cyclic N) is 1. The zero-order valence-electron chi connectivity index (χ0n) is 9.68. The number of carbonyl (C=O) groups excluding carboxylic acids is 1. The van der Waals surface area contributed by atoms with Gasteiger partial charge >= 0.3 is 0 Å². The summed E-state index contributed by atoms with van der Waals surface area (Å²) in [5, 5.41) is 18.4. The summed E-state index contributed by atoms with van der Waals surface area (Å²) >= 11 is 0. The van der Waals surface area contributed by atoms with Crippen molar-refractivity contribution in [2.75, 3.05) is 13.1 Å². The Bertz CT molecular complexity index is 461. The maximum absolute atomic E-state index is 12.1. The molecule has 5 heteroatoms. The van der Waals surface area contributed by atoms with Gasteiger partial charge in [0.05, 0.1) is 6.10 Å². The van der Waals surface area contributed by atoms with Gasteiger partial charge in [-0.2, -0.15) is 5.26 Å². The maximum atomic E-state index is 12.1. The summed E-state index contributed by atoms with van der Waals surface area (Å²) in [5.74, 6) is 0.0785. The molecule has 90 valence electrons. The Morgan fingerprint density at radius 1 is 1.65 bits per heavy atom. The standard InChI is InChI=1S/C12H15N3O2/c1-8-4-5-15(7-11(8)16)12(17)10-3-2-9(6-13)14-10/h2-3,8,11,14,16H,4-5,7H2,1H3. The van der Waals surface area contributed by atoms with E-state index < -0.39 is 6.10 Å². The van der Waals surface area contributed by atoms with Crippen LogP contribution in [-0.4, -0.2) is 40.1 Å². The van der Waals surface area contributed by atoms with Gasteiger partial charge in [0.15, 0.2) is 0 Å². The summed E-state index contributed by atoms with van der Waals surface area (Å²) in [5.41, 5.74) is 0.780. The van der Waals surface area contributed by atoms with Crippen LogP contribution in [0.15, 0.2) is 12.1 Å². The number of nitrogens with zero attached hydrogens (tertiary/aromatic N) is 2. The Kier molecular flexibility index (Phi) is 3.16. The van der Waals surface area contributed by atoms with Gasteiger partial charge in [0.2, 0.25) is 0 Å². The zero-order valence-corrected chi connectivity index (χ0v) is 9.68. The Morgan fingerprint density at radius 2 is 2.41 bits per heavy atom. The largest absolute Gasteiger partial charge is 0.391 e. The first-order valence-electron chi connectivity index (χ1n) is 5.68. The van der Waals surface area contributed by atoms with Crippen molar-refractivity contribution in [2.45, 2.75) is 19.4 Å². The van der Waals surface area contributed by atoms with E-state index in [1.165, 1.54) is 0 Å². The summed E-state index contributed by atoms with van der Waals surface area (Å²) in [4.78, 5) is 16.4. The zero-order chi connectivity index (χ0) is 12.4. The Morgan fingerprint density at radius 3 is 3.00 bits per heavy atom. The first kappa shape index (κ1) is 11.7. The van der Waals surface area contributed by atoms with Gasteiger partial charge in [-0.3, -0.25) is 4.79 Å². The van der Waals surface area contributed by atoms with Crippen molar-refractivity contribution in [3.05, 3.63) is 23.5 Å². The predicted molar refractivity (Wildman–Crippen MR) is 61.2 cm³/mol. The van der Waals surface area contributed by atoms with Gasteiger partial charge in [-0.25, -0.2) is 0 Å². The predicted octanol–water partition coefficient (Wildman–Crippen LogP) is 0.729. The molecule has 1 aliphatic heterocycles. The van der Waals surface area contributed by atoms with Crippen molar-refractivity contribution in [3.8, 4) is 6.07 Å². The minimum Gasteiger partial charge on any atom is -0.391 e. The van der Waals surface area contributed by atoms with Crippen LogP contribution in [0.3, 0.4) is 0 Å². The van der Waals surface area contributed by atoms with Gasteiger partial charge in [-0.15, -0.1) is 0 Å². The van der Waals surface area contributed by atoms with Gasteiger partial charge in [0, 0.05) is 13.1 Å². The van der Waals surface area contributed by atoms with Crippen LogP contribution in [0.25, 0.3) is 0 Å². The fraction of sp³-hybridized carbons (Fsp3) is 0.500. The van der Waals surface area contributed by atoms with E-state index in [2.05, 4.69) is 4.98 Å². The molecule has 0 bridgehead atoms. The molecule has 1 aromatic rings. The Labute approximate surface area is 99.7 Å². The molecule has 2 rings (SSSR count). The van der Waals surface area contributed by atoms with Crippen LogP contribution in [0.1, 0.15) is 29.5 Å². The number of hydrogen-bond acceptors (Lipinski definition) is 3. The van der Waals surface area contributed by atoms with Crippen molar-refractivity contribution < 1.29 is 9.90 Å². The quantitative estimate of drug-likeness (QED) is 0.750. The summed E-state index contributed by atoms with van der Waals surface area (Å²) in [6.07, 6.45) is 0.344. The van der Waals surface area contributed by atoms with E-state index in [9.17, 15) is 9.90 Å².